The molecule has 5 nitrogen and oxygen atoms in total. The van der Waals surface area contributed by atoms with E-state index in [1.807, 2.05) is 6.92 Å². The summed E-state index contributed by atoms with van der Waals surface area (Å²) in [5.41, 5.74) is 7.22. The van der Waals surface area contributed by atoms with Crippen LogP contribution in [0.3, 0.4) is 0 Å². The van der Waals surface area contributed by atoms with E-state index in [9.17, 15) is 10.1 Å². The number of benzene rings is 1. The molecule has 1 fully saturated rings. The number of piperidine rings is 1. The van der Waals surface area contributed by atoms with Crippen LogP contribution in [0, 0.1) is 11.3 Å². The third-order valence-corrected chi connectivity index (χ3v) is 6.12. The molecule has 7 heteroatoms. The van der Waals surface area contributed by atoms with Gasteiger partial charge in [-0.3, -0.25) is 9.80 Å². The van der Waals surface area contributed by atoms with Crippen molar-refractivity contribution < 1.29 is 4.79 Å². The van der Waals surface area contributed by atoms with E-state index in [1.165, 1.54) is 17.8 Å². The van der Waals surface area contributed by atoms with Crippen molar-refractivity contribution >= 4 is 39.4 Å². The maximum Gasteiger partial charge on any atom is 0.206 e. The van der Waals surface area contributed by atoms with Crippen LogP contribution in [0.25, 0.3) is 0 Å². The van der Waals surface area contributed by atoms with Crippen LogP contribution in [0.1, 0.15) is 47.0 Å². The standard InChI is InChI=1S/C19H21ClN4OS/c1-2-24(23-10-6-3-7-11-23)19-14(12-21)16(22)18(26-19)17(25)13-8-4-5-9-15(13)20/h4-5,8-9H,2-3,6-7,10-11,22H2,1H3. The van der Waals surface area contributed by atoms with Crippen LogP contribution >= 0.6 is 22.9 Å². The predicted octanol–water partition coefficient (Wildman–Crippen LogP) is 4.31. The average Bonchev–Trinajstić information content (AvgIpc) is 2.99. The van der Waals surface area contributed by atoms with E-state index in [2.05, 4.69) is 16.1 Å². The quantitative estimate of drug-likeness (QED) is 0.772. The lowest BCUT2D eigenvalue weighted by atomic mass is 10.1. The summed E-state index contributed by atoms with van der Waals surface area (Å²) in [4.78, 5) is 13.3. The summed E-state index contributed by atoms with van der Waals surface area (Å²) < 4.78 is 0. The monoisotopic (exact) mass is 388 g/mol. The van der Waals surface area contributed by atoms with Gasteiger partial charge in [0.25, 0.3) is 0 Å². The van der Waals surface area contributed by atoms with E-state index in [1.54, 1.807) is 24.3 Å². The fourth-order valence-corrected chi connectivity index (χ4v) is 4.69. The molecule has 0 amide bonds. The third-order valence-electron chi connectivity index (χ3n) is 4.57. The number of ketones is 1. The maximum absolute atomic E-state index is 13.0. The maximum atomic E-state index is 13.0. The Hall–Kier alpha value is -2.07. The van der Waals surface area contributed by atoms with E-state index in [4.69, 9.17) is 17.3 Å². The Labute approximate surface area is 162 Å². The predicted molar refractivity (Wildman–Crippen MR) is 107 cm³/mol. The van der Waals surface area contributed by atoms with Crippen LogP contribution in [0.15, 0.2) is 24.3 Å². The highest BCUT2D eigenvalue weighted by Gasteiger charge is 2.28. The summed E-state index contributed by atoms with van der Waals surface area (Å²) >= 11 is 7.45. The van der Waals surface area contributed by atoms with Gasteiger partial charge in [-0.2, -0.15) is 5.26 Å². The Balaban J connectivity index is 2.03. The summed E-state index contributed by atoms with van der Waals surface area (Å²) in [6.07, 6.45) is 3.48. The number of carbonyl (C=O) groups excluding carboxylic acids is 1. The number of nitrogens with two attached hydrogens (primary N) is 1. The van der Waals surface area contributed by atoms with Crippen molar-refractivity contribution in [2.75, 3.05) is 30.4 Å². The van der Waals surface area contributed by atoms with Crippen LogP contribution in [0.5, 0.6) is 0 Å². The SMILES string of the molecule is CCN(c1sc(C(=O)c2ccccc2Cl)c(N)c1C#N)N1CCCCC1. The van der Waals surface area contributed by atoms with Crippen LogP contribution in [0.2, 0.25) is 5.02 Å². The molecule has 136 valence electrons. The molecule has 0 atom stereocenters. The largest absolute Gasteiger partial charge is 0.396 e. The van der Waals surface area contributed by atoms with Crippen molar-refractivity contribution in [1.82, 2.24) is 5.01 Å². The number of anilines is 2. The highest BCUT2D eigenvalue weighted by atomic mass is 35.5. The van der Waals surface area contributed by atoms with Crippen LogP contribution in [-0.2, 0) is 0 Å². The van der Waals surface area contributed by atoms with Crippen molar-refractivity contribution in [3.05, 3.63) is 45.3 Å². The number of nitrogens with zero attached hydrogens (tertiary/aromatic N) is 3. The molecule has 2 aromatic rings. The lowest BCUT2D eigenvalue weighted by Gasteiger charge is -2.37. The average molecular weight is 389 g/mol. The third kappa shape index (κ3) is 3.43. The first-order chi connectivity index (χ1) is 12.6. The first kappa shape index (κ1) is 18.7. The van der Waals surface area contributed by atoms with Gasteiger partial charge in [-0.15, -0.1) is 11.3 Å². The molecule has 1 aliphatic heterocycles. The highest BCUT2D eigenvalue weighted by Crippen LogP contribution is 2.40. The minimum absolute atomic E-state index is 0.240. The van der Waals surface area contributed by atoms with Gasteiger partial charge in [-0.25, -0.2) is 5.01 Å². The molecule has 3 rings (SSSR count). The molecule has 0 aliphatic carbocycles. The Bertz CT molecular complexity index is 852. The zero-order valence-corrected chi connectivity index (χ0v) is 16.2. The molecular weight excluding hydrogens is 368 g/mol. The molecule has 1 saturated heterocycles. The van der Waals surface area contributed by atoms with Gasteiger partial charge in [0.1, 0.15) is 21.5 Å². The lowest BCUT2D eigenvalue weighted by molar-refractivity contribution is 0.104. The number of hydrogen-bond donors (Lipinski definition) is 1. The van der Waals surface area contributed by atoms with E-state index < -0.39 is 0 Å². The first-order valence-corrected chi connectivity index (χ1v) is 9.91. The topological polar surface area (TPSA) is 73.4 Å². The molecule has 0 radical (unpaired) electrons. The Kier molecular flexibility index (Phi) is 5.82. The van der Waals surface area contributed by atoms with Crippen molar-refractivity contribution in [2.45, 2.75) is 26.2 Å². The van der Waals surface area contributed by atoms with Crippen LogP contribution in [-0.4, -0.2) is 30.4 Å². The number of nitriles is 1. The molecule has 0 unspecified atom stereocenters. The molecular formula is C19H21ClN4OS. The number of carbonyl (C=O) groups is 1. The molecule has 1 aromatic carbocycles. The second-order valence-corrected chi connectivity index (χ2v) is 7.58. The normalized spacial score (nSPS) is 14.8. The summed E-state index contributed by atoms with van der Waals surface area (Å²) in [7, 11) is 0. The Morgan fingerprint density at radius 3 is 2.65 bits per heavy atom. The van der Waals surface area contributed by atoms with Gasteiger partial charge in [-0.1, -0.05) is 30.2 Å². The highest BCUT2D eigenvalue weighted by molar-refractivity contribution is 7.19. The summed E-state index contributed by atoms with van der Waals surface area (Å²) in [5, 5.41) is 15.1. The fraction of sp³-hybridized carbons (Fsp3) is 0.368. The molecule has 2 heterocycles. The van der Waals surface area contributed by atoms with E-state index in [0.29, 0.717) is 27.6 Å². The second kappa shape index (κ2) is 8.09. The zero-order valence-electron chi connectivity index (χ0n) is 14.7. The second-order valence-electron chi connectivity index (χ2n) is 6.18. The molecule has 1 aromatic heterocycles. The first-order valence-electron chi connectivity index (χ1n) is 8.72. The van der Waals surface area contributed by atoms with Crippen molar-refractivity contribution in [2.24, 2.45) is 0 Å². The minimum atomic E-state index is -0.240. The van der Waals surface area contributed by atoms with Crippen molar-refractivity contribution in [3.63, 3.8) is 0 Å². The minimum Gasteiger partial charge on any atom is -0.396 e. The molecule has 1 aliphatic rings. The molecule has 0 spiro atoms. The van der Waals surface area contributed by atoms with E-state index in [-0.39, 0.29) is 11.5 Å². The summed E-state index contributed by atoms with van der Waals surface area (Å²) in [5.74, 6) is -0.240. The van der Waals surface area contributed by atoms with Gasteiger partial charge >= 0.3 is 0 Å². The zero-order chi connectivity index (χ0) is 18.7. The summed E-state index contributed by atoms with van der Waals surface area (Å²) in [6.45, 7) is 4.66. The van der Waals surface area contributed by atoms with Gasteiger partial charge in [0.05, 0.1) is 10.7 Å². The fourth-order valence-electron chi connectivity index (χ4n) is 3.25. The molecule has 0 bridgehead atoms. The summed E-state index contributed by atoms with van der Waals surface area (Å²) in [6, 6.07) is 9.09. The smallest absolute Gasteiger partial charge is 0.206 e. The van der Waals surface area contributed by atoms with Crippen molar-refractivity contribution in [3.8, 4) is 6.07 Å². The number of rotatable bonds is 5. The molecule has 26 heavy (non-hydrogen) atoms. The molecule has 0 saturated carbocycles. The van der Waals surface area contributed by atoms with Crippen LogP contribution in [0.4, 0.5) is 10.7 Å². The Morgan fingerprint density at radius 2 is 2.04 bits per heavy atom. The van der Waals surface area contributed by atoms with Gasteiger partial charge in [-0.05, 0) is 31.9 Å². The number of thiophene rings is 1. The number of halogens is 1. The Morgan fingerprint density at radius 1 is 1.35 bits per heavy atom. The van der Waals surface area contributed by atoms with Crippen molar-refractivity contribution in [1.29, 1.82) is 5.26 Å². The number of nitrogen functional groups attached to an aromatic ring is 1. The van der Waals surface area contributed by atoms with Gasteiger partial charge in [0.2, 0.25) is 5.78 Å². The van der Waals surface area contributed by atoms with Crippen LogP contribution < -0.4 is 10.7 Å². The van der Waals surface area contributed by atoms with Gasteiger partial charge in [0, 0.05) is 25.2 Å². The number of hydrazine groups is 1. The lowest BCUT2D eigenvalue weighted by Crippen LogP contribution is -2.45. The van der Waals surface area contributed by atoms with E-state index in [0.717, 1.165) is 30.9 Å². The molecule has 2 N–H and O–H groups in total. The van der Waals surface area contributed by atoms with Gasteiger partial charge < -0.3 is 5.73 Å². The van der Waals surface area contributed by atoms with Gasteiger partial charge in [0.15, 0.2) is 0 Å². The number of hydrogen-bond acceptors (Lipinski definition) is 6. The van der Waals surface area contributed by atoms with E-state index >= 15 is 0 Å².